The lowest BCUT2D eigenvalue weighted by Crippen LogP contribution is -2.28. The number of aromatic nitrogens is 1. The molecular formula is C48H35N3. The molecule has 1 aromatic heterocycles. The van der Waals surface area contributed by atoms with E-state index in [9.17, 15) is 0 Å². The van der Waals surface area contributed by atoms with Crippen molar-refractivity contribution in [1.82, 2.24) is 4.57 Å². The number of benzene rings is 7. The first-order valence-electron chi connectivity index (χ1n) is 17.7. The van der Waals surface area contributed by atoms with Gasteiger partial charge in [-0.2, -0.15) is 0 Å². The van der Waals surface area contributed by atoms with Crippen LogP contribution >= 0.6 is 0 Å². The topological polar surface area (TPSA) is 11.4 Å². The molecule has 2 heterocycles. The highest BCUT2D eigenvalue weighted by Gasteiger charge is 2.37. The van der Waals surface area contributed by atoms with Gasteiger partial charge in [0, 0.05) is 45.1 Å². The van der Waals surface area contributed by atoms with Gasteiger partial charge in [0.15, 0.2) is 0 Å². The zero-order valence-electron chi connectivity index (χ0n) is 28.0. The molecule has 0 radical (unpaired) electrons. The fourth-order valence-corrected chi connectivity index (χ4v) is 8.26. The van der Waals surface area contributed by atoms with E-state index in [0.29, 0.717) is 5.92 Å². The molecule has 51 heavy (non-hydrogen) atoms. The Morgan fingerprint density at radius 2 is 1.08 bits per heavy atom. The van der Waals surface area contributed by atoms with Gasteiger partial charge in [-0.15, -0.1) is 0 Å². The summed E-state index contributed by atoms with van der Waals surface area (Å²) in [5, 5.41) is 2.45. The van der Waals surface area contributed by atoms with Gasteiger partial charge in [-0.25, -0.2) is 0 Å². The molecule has 8 aromatic rings. The van der Waals surface area contributed by atoms with Gasteiger partial charge in [0.25, 0.3) is 0 Å². The zero-order valence-corrected chi connectivity index (χ0v) is 28.0. The summed E-state index contributed by atoms with van der Waals surface area (Å²) < 4.78 is 2.39. The SMILES string of the molecule is C1=CC2c3ccccc3N(c3ccc(N(c4ccc(-c5ccccc5)cc4)c4cccc5c4c4ccccc4n5-c4ccccc4)cc3)C2C=C1. The fourth-order valence-electron chi connectivity index (χ4n) is 8.26. The Labute approximate surface area is 298 Å². The molecule has 1 aliphatic heterocycles. The van der Waals surface area contributed by atoms with Crippen LogP contribution in [0.5, 0.6) is 0 Å². The van der Waals surface area contributed by atoms with Crippen LogP contribution in [0, 0.1) is 0 Å². The molecule has 0 saturated heterocycles. The molecule has 10 rings (SSSR count). The van der Waals surface area contributed by atoms with Crippen LogP contribution in [0.3, 0.4) is 0 Å². The summed E-state index contributed by atoms with van der Waals surface area (Å²) in [4.78, 5) is 4.92. The summed E-state index contributed by atoms with van der Waals surface area (Å²) >= 11 is 0. The average molecular weight is 654 g/mol. The van der Waals surface area contributed by atoms with E-state index in [-0.39, 0.29) is 6.04 Å². The zero-order chi connectivity index (χ0) is 33.7. The maximum absolute atomic E-state index is 2.50. The first kappa shape index (κ1) is 29.3. The summed E-state index contributed by atoms with van der Waals surface area (Å²) in [5.41, 5.74) is 13.2. The molecule has 2 atom stereocenters. The quantitative estimate of drug-likeness (QED) is 0.177. The lowest BCUT2D eigenvalue weighted by Gasteiger charge is -2.30. The predicted octanol–water partition coefficient (Wildman–Crippen LogP) is 12.7. The molecule has 0 fully saturated rings. The Hall–Kier alpha value is -6.58. The Balaban J connectivity index is 1.15. The summed E-state index contributed by atoms with van der Waals surface area (Å²) in [6.45, 7) is 0. The lowest BCUT2D eigenvalue weighted by molar-refractivity contribution is 0.745. The van der Waals surface area contributed by atoms with E-state index in [0.717, 1.165) is 22.7 Å². The second-order valence-electron chi connectivity index (χ2n) is 13.3. The Kier molecular flexibility index (Phi) is 6.95. The first-order chi connectivity index (χ1) is 25.3. The number of hydrogen-bond donors (Lipinski definition) is 0. The number of rotatable bonds is 6. The molecule has 7 aromatic carbocycles. The third kappa shape index (κ3) is 4.81. The van der Waals surface area contributed by atoms with Crippen LogP contribution in [0.25, 0.3) is 38.6 Å². The van der Waals surface area contributed by atoms with Gasteiger partial charge in [0.1, 0.15) is 0 Å². The molecular weight excluding hydrogens is 619 g/mol. The molecule has 2 aliphatic rings. The van der Waals surface area contributed by atoms with Crippen LogP contribution in [0.2, 0.25) is 0 Å². The smallest absolute Gasteiger partial charge is 0.0629 e. The molecule has 3 nitrogen and oxygen atoms in total. The van der Waals surface area contributed by atoms with Crippen molar-refractivity contribution in [2.75, 3.05) is 9.80 Å². The lowest BCUT2D eigenvalue weighted by atomic mass is 9.91. The van der Waals surface area contributed by atoms with Crippen LogP contribution in [-0.4, -0.2) is 10.6 Å². The van der Waals surface area contributed by atoms with Crippen molar-refractivity contribution in [2.24, 2.45) is 0 Å². The van der Waals surface area contributed by atoms with E-state index in [2.05, 4.69) is 215 Å². The number of anilines is 5. The Morgan fingerprint density at radius 1 is 0.451 bits per heavy atom. The third-order valence-electron chi connectivity index (χ3n) is 10.5. The van der Waals surface area contributed by atoms with Crippen molar-refractivity contribution in [2.45, 2.75) is 12.0 Å². The molecule has 0 bridgehead atoms. The highest BCUT2D eigenvalue weighted by Crippen LogP contribution is 2.49. The van der Waals surface area contributed by atoms with E-state index in [4.69, 9.17) is 0 Å². The van der Waals surface area contributed by atoms with Gasteiger partial charge in [0.2, 0.25) is 0 Å². The molecule has 242 valence electrons. The fraction of sp³-hybridized carbons (Fsp3) is 0.0417. The van der Waals surface area contributed by atoms with Crippen molar-refractivity contribution < 1.29 is 0 Å². The Bertz CT molecular complexity index is 2580. The van der Waals surface area contributed by atoms with Crippen LogP contribution in [0.15, 0.2) is 200 Å². The predicted molar refractivity (Wildman–Crippen MR) is 214 cm³/mol. The largest absolute Gasteiger partial charge is 0.333 e. The van der Waals surface area contributed by atoms with Crippen LogP contribution in [0.1, 0.15) is 11.5 Å². The van der Waals surface area contributed by atoms with Crippen LogP contribution in [0.4, 0.5) is 28.4 Å². The number of fused-ring (bicyclic) bond motifs is 6. The van der Waals surface area contributed by atoms with E-state index < -0.39 is 0 Å². The number of para-hydroxylation sites is 3. The number of nitrogens with zero attached hydrogens (tertiary/aromatic N) is 3. The highest BCUT2D eigenvalue weighted by atomic mass is 15.2. The minimum atomic E-state index is 0.262. The van der Waals surface area contributed by atoms with Crippen molar-refractivity contribution in [3.63, 3.8) is 0 Å². The van der Waals surface area contributed by atoms with E-state index in [1.54, 1.807) is 0 Å². The molecule has 2 unspecified atom stereocenters. The monoisotopic (exact) mass is 653 g/mol. The van der Waals surface area contributed by atoms with Gasteiger partial charge in [0.05, 0.1) is 22.8 Å². The summed E-state index contributed by atoms with van der Waals surface area (Å²) in [6.07, 6.45) is 9.04. The minimum Gasteiger partial charge on any atom is -0.333 e. The van der Waals surface area contributed by atoms with Crippen molar-refractivity contribution in [1.29, 1.82) is 0 Å². The first-order valence-corrected chi connectivity index (χ1v) is 17.7. The maximum Gasteiger partial charge on any atom is 0.0629 e. The molecule has 0 saturated carbocycles. The Morgan fingerprint density at radius 3 is 1.88 bits per heavy atom. The number of hydrogen-bond acceptors (Lipinski definition) is 2. The van der Waals surface area contributed by atoms with Gasteiger partial charge >= 0.3 is 0 Å². The molecule has 3 heteroatoms. The van der Waals surface area contributed by atoms with E-state index in [1.807, 2.05) is 0 Å². The molecule has 0 amide bonds. The van der Waals surface area contributed by atoms with Gasteiger partial charge in [-0.1, -0.05) is 127 Å². The summed E-state index contributed by atoms with van der Waals surface area (Å²) in [6, 6.07) is 64.0. The average Bonchev–Trinajstić information content (AvgIpc) is 3.73. The summed E-state index contributed by atoms with van der Waals surface area (Å²) in [5.74, 6) is 0.352. The molecule has 0 N–H and O–H groups in total. The van der Waals surface area contributed by atoms with Gasteiger partial charge in [-0.05, 0) is 89.5 Å². The second-order valence-corrected chi connectivity index (χ2v) is 13.3. The standard InChI is InChI=1S/C48H35N3/c1-3-14-34(15-4-1)35-26-28-37(29-27-35)49(38-30-32-39(33-31-38)50-43-21-10-7-18-40(43)41-19-8-11-22-44(41)50)46-24-13-25-47-48(46)42-20-9-12-23-45(42)51(47)36-16-5-2-6-17-36/h1-33,40,43H. The molecule has 1 aliphatic carbocycles. The van der Waals surface area contributed by atoms with Crippen molar-refractivity contribution >= 4 is 50.2 Å². The van der Waals surface area contributed by atoms with E-state index >= 15 is 0 Å². The minimum absolute atomic E-state index is 0.262. The van der Waals surface area contributed by atoms with Crippen LogP contribution < -0.4 is 9.80 Å². The van der Waals surface area contributed by atoms with Gasteiger partial charge in [-0.3, -0.25) is 0 Å². The van der Waals surface area contributed by atoms with Gasteiger partial charge < -0.3 is 14.4 Å². The highest BCUT2D eigenvalue weighted by molar-refractivity contribution is 6.16. The third-order valence-corrected chi connectivity index (χ3v) is 10.5. The van der Waals surface area contributed by atoms with E-state index in [1.165, 1.54) is 49.9 Å². The summed E-state index contributed by atoms with van der Waals surface area (Å²) in [7, 11) is 0. The normalized spacial score (nSPS) is 16.0. The van der Waals surface area contributed by atoms with Crippen molar-refractivity contribution in [3.05, 3.63) is 206 Å². The molecule has 0 spiro atoms. The maximum atomic E-state index is 2.50. The van der Waals surface area contributed by atoms with Crippen molar-refractivity contribution in [3.8, 4) is 16.8 Å². The second kappa shape index (κ2) is 12.1. The number of allylic oxidation sites excluding steroid dienone is 2. The van der Waals surface area contributed by atoms with Crippen LogP contribution in [-0.2, 0) is 0 Å².